The third kappa shape index (κ3) is 2.72. The van der Waals surface area contributed by atoms with Gasteiger partial charge in [0.2, 0.25) is 0 Å². The number of halogens is 3. The number of anilines is 1. The summed E-state index contributed by atoms with van der Waals surface area (Å²) < 4.78 is 39.8. The minimum Gasteiger partial charge on any atom is -0.377 e. The minimum absolute atomic E-state index is 0.290. The van der Waals surface area contributed by atoms with Gasteiger partial charge in [-0.15, -0.1) is 0 Å². The molecule has 0 spiro atoms. The van der Waals surface area contributed by atoms with E-state index in [9.17, 15) is 13.2 Å². The molecule has 0 aliphatic carbocycles. The predicted molar refractivity (Wildman–Crippen MR) is 75.1 cm³/mol. The van der Waals surface area contributed by atoms with Gasteiger partial charge in [-0.3, -0.25) is 9.67 Å². The zero-order valence-electron chi connectivity index (χ0n) is 11.6. The zero-order chi connectivity index (χ0) is 15.7. The van der Waals surface area contributed by atoms with Crippen LogP contribution in [0.1, 0.15) is 11.4 Å². The molecule has 2 heterocycles. The van der Waals surface area contributed by atoms with Gasteiger partial charge >= 0.3 is 6.18 Å². The molecule has 114 valence electrons. The molecule has 1 aromatic carbocycles. The highest BCUT2D eigenvalue weighted by Crippen LogP contribution is 2.32. The maximum absolute atomic E-state index is 12.7. The van der Waals surface area contributed by atoms with E-state index in [-0.39, 0.29) is 5.52 Å². The molecule has 3 aromatic rings. The van der Waals surface area contributed by atoms with Gasteiger partial charge in [0.1, 0.15) is 12.2 Å². The van der Waals surface area contributed by atoms with Crippen molar-refractivity contribution in [1.29, 1.82) is 0 Å². The first-order valence-corrected chi connectivity index (χ1v) is 6.48. The van der Waals surface area contributed by atoms with E-state index in [1.807, 2.05) is 0 Å². The van der Waals surface area contributed by atoms with Crippen molar-refractivity contribution < 1.29 is 13.2 Å². The molecule has 0 atom stereocenters. The Morgan fingerprint density at radius 3 is 2.68 bits per heavy atom. The van der Waals surface area contributed by atoms with E-state index in [1.165, 1.54) is 18.6 Å². The first kappa shape index (κ1) is 14.3. The molecule has 0 aliphatic heterocycles. The fourth-order valence-electron chi connectivity index (χ4n) is 2.13. The molecule has 1 N–H and O–H groups in total. The molecule has 0 saturated heterocycles. The van der Waals surface area contributed by atoms with E-state index in [2.05, 4.69) is 20.4 Å². The number of nitrogens with one attached hydrogen (secondary N) is 1. The maximum atomic E-state index is 12.7. The first-order valence-electron chi connectivity index (χ1n) is 6.48. The van der Waals surface area contributed by atoms with Crippen LogP contribution in [0.3, 0.4) is 0 Å². The summed E-state index contributed by atoms with van der Waals surface area (Å²) in [4.78, 5) is 8.09. The van der Waals surface area contributed by atoms with E-state index in [0.717, 1.165) is 18.0 Å². The number of pyridine rings is 1. The van der Waals surface area contributed by atoms with Gasteiger partial charge in [-0.05, 0) is 18.2 Å². The Bertz CT molecular complexity index is 810. The van der Waals surface area contributed by atoms with Gasteiger partial charge in [-0.2, -0.15) is 18.3 Å². The van der Waals surface area contributed by atoms with Crippen molar-refractivity contribution in [2.24, 2.45) is 7.05 Å². The summed E-state index contributed by atoms with van der Waals surface area (Å²) in [7, 11) is 1.77. The monoisotopic (exact) mass is 307 g/mol. The highest BCUT2D eigenvalue weighted by Gasteiger charge is 2.30. The lowest BCUT2D eigenvalue weighted by molar-refractivity contribution is -0.137. The van der Waals surface area contributed by atoms with Crippen LogP contribution in [0.25, 0.3) is 10.9 Å². The van der Waals surface area contributed by atoms with E-state index >= 15 is 0 Å². The van der Waals surface area contributed by atoms with Crippen LogP contribution >= 0.6 is 0 Å². The van der Waals surface area contributed by atoms with Gasteiger partial charge in [0, 0.05) is 24.3 Å². The van der Waals surface area contributed by atoms with Crippen molar-refractivity contribution in [2.45, 2.75) is 12.7 Å². The lowest BCUT2D eigenvalue weighted by Gasteiger charge is -2.11. The standard InChI is InChI=1S/C14H12F3N5/c1-22-13(20-8-21-22)7-19-11-4-5-18-12-6-9(14(15,16)17)2-3-10(11)12/h2-6,8H,7H2,1H3,(H,18,19). The number of hydrogen-bond donors (Lipinski definition) is 1. The Morgan fingerprint density at radius 2 is 2.00 bits per heavy atom. The third-order valence-corrected chi connectivity index (χ3v) is 3.31. The number of hydrogen-bond acceptors (Lipinski definition) is 4. The van der Waals surface area contributed by atoms with Gasteiger partial charge < -0.3 is 5.32 Å². The second-order valence-corrected chi connectivity index (χ2v) is 4.74. The number of aromatic nitrogens is 4. The molecule has 0 amide bonds. The molecule has 3 rings (SSSR count). The second kappa shape index (κ2) is 5.28. The molecule has 0 fully saturated rings. The van der Waals surface area contributed by atoms with E-state index in [1.54, 1.807) is 17.8 Å². The van der Waals surface area contributed by atoms with Gasteiger partial charge in [-0.25, -0.2) is 4.98 Å². The average molecular weight is 307 g/mol. The third-order valence-electron chi connectivity index (χ3n) is 3.31. The van der Waals surface area contributed by atoms with Crippen molar-refractivity contribution in [3.05, 3.63) is 48.2 Å². The van der Waals surface area contributed by atoms with Crippen LogP contribution in [-0.2, 0) is 19.8 Å². The van der Waals surface area contributed by atoms with Crippen molar-refractivity contribution in [2.75, 3.05) is 5.32 Å². The van der Waals surface area contributed by atoms with Crippen LogP contribution in [0.4, 0.5) is 18.9 Å². The number of fused-ring (bicyclic) bond motifs is 1. The van der Waals surface area contributed by atoms with Crippen LogP contribution in [0.5, 0.6) is 0 Å². The average Bonchev–Trinajstić information content (AvgIpc) is 2.89. The molecule has 22 heavy (non-hydrogen) atoms. The Labute approximate surface area is 123 Å². The van der Waals surface area contributed by atoms with Crippen LogP contribution < -0.4 is 5.32 Å². The Morgan fingerprint density at radius 1 is 1.18 bits per heavy atom. The van der Waals surface area contributed by atoms with Crippen LogP contribution in [0, 0.1) is 0 Å². The van der Waals surface area contributed by atoms with Crippen molar-refractivity contribution in [3.63, 3.8) is 0 Å². The van der Waals surface area contributed by atoms with E-state index in [0.29, 0.717) is 17.6 Å². The van der Waals surface area contributed by atoms with Crippen LogP contribution in [0.2, 0.25) is 0 Å². The quantitative estimate of drug-likeness (QED) is 0.808. The highest BCUT2D eigenvalue weighted by atomic mass is 19.4. The molecule has 0 unspecified atom stereocenters. The number of nitrogens with zero attached hydrogens (tertiary/aromatic N) is 4. The fourth-order valence-corrected chi connectivity index (χ4v) is 2.13. The normalized spacial score (nSPS) is 11.8. The molecular weight excluding hydrogens is 295 g/mol. The number of benzene rings is 1. The smallest absolute Gasteiger partial charge is 0.377 e. The van der Waals surface area contributed by atoms with E-state index < -0.39 is 11.7 Å². The Hall–Kier alpha value is -2.64. The summed E-state index contributed by atoms with van der Waals surface area (Å²) in [6, 6.07) is 5.23. The highest BCUT2D eigenvalue weighted by molar-refractivity contribution is 5.91. The van der Waals surface area contributed by atoms with E-state index in [4.69, 9.17) is 0 Å². The first-order chi connectivity index (χ1) is 10.4. The lowest BCUT2D eigenvalue weighted by Crippen LogP contribution is -2.08. The molecule has 0 bridgehead atoms. The lowest BCUT2D eigenvalue weighted by atomic mass is 10.1. The minimum atomic E-state index is -4.38. The number of alkyl halides is 3. The molecule has 0 radical (unpaired) electrons. The Balaban J connectivity index is 1.92. The summed E-state index contributed by atoms with van der Waals surface area (Å²) in [6.07, 6.45) is -1.46. The predicted octanol–water partition coefficient (Wildman–Crippen LogP) is 2.99. The maximum Gasteiger partial charge on any atom is 0.416 e. The topological polar surface area (TPSA) is 55.6 Å². The molecule has 5 nitrogen and oxygen atoms in total. The molecular formula is C14H12F3N5. The number of rotatable bonds is 3. The fraction of sp³-hybridized carbons (Fsp3) is 0.214. The van der Waals surface area contributed by atoms with Gasteiger partial charge in [-0.1, -0.05) is 6.07 Å². The SMILES string of the molecule is Cn1ncnc1CNc1ccnc2cc(C(F)(F)F)ccc12. The summed E-state index contributed by atoms with van der Waals surface area (Å²) in [5.41, 5.74) is 0.275. The summed E-state index contributed by atoms with van der Waals surface area (Å²) >= 11 is 0. The van der Waals surface area contributed by atoms with Crippen LogP contribution in [-0.4, -0.2) is 19.7 Å². The van der Waals surface area contributed by atoms with Gasteiger partial charge in [0.05, 0.1) is 17.6 Å². The molecule has 2 aromatic heterocycles. The van der Waals surface area contributed by atoms with Gasteiger partial charge in [0.25, 0.3) is 0 Å². The summed E-state index contributed by atoms with van der Waals surface area (Å²) in [5, 5.41) is 7.73. The summed E-state index contributed by atoms with van der Waals surface area (Å²) in [6.45, 7) is 0.413. The molecule has 8 heteroatoms. The number of aryl methyl sites for hydroxylation is 1. The molecule has 0 saturated carbocycles. The van der Waals surface area contributed by atoms with Gasteiger partial charge in [0.15, 0.2) is 0 Å². The van der Waals surface area contributed by atoms with Crippen molar-refractivity contribution in [1.82, 2.24) is 19.7 Å². The van der Waals surface area contributed by atoms with Crippen molar-refractivity contribution >= 4 is 16.6 Å². The van der Waals surface area contributed by atoms with Crippen molar-refractivity contribution in [3.8, 4) is 0 Å². The molecule has 0 aliphatic rings. The second-order valence-electron chi connectivity index (χ2n) is 4.74. The van der Waals surface area contributed by atoms with Crippen LogP contribution in [0.15, 0.2) is 36.8 Å². The Kier molecular flexibility index (Phi) is 3.44. The summed E-state index contributed by atoms with van der Waals surface area (Å²) in [5.74, 6) is 0.719. The largest absolute Gasteiger partial charge is 0.416 e. The zero-order valence-corrected chi connectivity index (χ0v) is 11.6.